The van der Waals surface area contributed by atoms with Crippen molar-refractivity contribution >= 4 is 5.91 Å². The van der Waals surface area contributed by atoms with Crippen LogP contribution >= 0.6 is 0 Å². The number of aryl methyl sites for hydroxylation is 1. The summed E-state index contributed by atoms with van der Waals surface area (Å²) in [5.74, 6) is 1.77. The van der Waals surface area contributed by atoms with E-state index in [0.717, 1.165) is 51.4 Å². The van der Waals surface area contributed by atoms with Crippen molar-refractivity contribution in [3.05, 3.63) is 18.2 Å². The highest BCUT2D eigenvalue weighted by Crippen LogP contribution is 2.22. The SMILES string of the molecule is Cn1ccnc1CN1CCC(C(=O)N2CCCCCCC2)CC1. The van der Waals surface area contributed by atoms with Gasteiger partial charge in [-0.1, -0.05) is 19.3 Å². The van der Waals surface area contributed by atoms with E-state index in [1.807, 2.05) is 19.4 Å². The molecule has 1 amide bonds. The molecule has 0 atom stereocenters. The number of hydrogen-bond acceptors (Lipinski definition) is 3. The van der Waals surface area contributed by atoms with Crippen molar-refractivity contribution in [2.45, 2.75) is 51.5 Å². The summed E-state index contributed by atoms with van der Waals surface area (Å²) in [4.78, 5) is 21.8. The molecule has 1 aromatic rings. The topological polar surface area (TPSA) is 41.4 Å². The molecule has 2 fully saturated rings. The minimum Gasteiger partial charge on any atom is -0.342 e. The van der Waals surface area contributed by atoms with Crippen LogP contribution in [0.25, 0.3) is 0 Å². The lowest BCUT2D eigenvalue weighted by molar-refractivity contribution is -0.137. The van der Waals surface area contributed by atoms with Crippen LogP contribution in [-0.4, -0.2) is 51.4 Å². The van der Waals surface area contributed by atoms with E-state index in [9.17, 15) is 4.79 Å². The van der Waals surface area contributed by atoms with Crippen LogP contribution in [0.4, 0.5) is 0 Å². The third kappa shape index (κ3) is 4.34. The van der Waals surface area contributed by atoms with Crippen molar-refractivity contribution in [1.82, 2.24) is 19.4 Å². The zero-order valence-electron chi connectivity index (χ0n) is 14.4. The van der Waals surface area contributed by atoms with Gasteiger partial charge in [0.05, 0.1) is 6.54 Å². The van der Waals surface area contributed by atoms with Crippen LogP contribution in [0.3, 0.4) is 0 Å². The molecule has 2 aliphatic heterocycles. The van der Waals surface area contributed by atoms with Crippen molar-refractivity contribution in [2.75, 3.05) is 26.2 Å². The summed E-state index contributed by atoms with van der Waals surface area (Å²) in [5.41, 5.74) is 0. The lowest BCUT2D eigenvalue weighted by atomic mass is 9.94. The predicted octanol–water partition coefficient (Wildman–Crippen LogP) is 2.42. The van der Waals surface area contributed by atoms with Gasteiger partial charge in [-0.2, -0.15) is 0 Å². The lowest BCUT2D eigenvalue weighted by Crippen LogP contribution is -2.43. The minimum atomic E-state index is 0.243. The van der Waals surface area contributed by atoms with Crippen LogP contribution in [0, 0.1) is 5.92 Å². The van der Waals surface area contributed by atoms with Crippen molar-refractivity contribution in [1.29, 1.82) is 0 Å². The van der Waals surface area contributed by atoms with E-state index in [2.05, 4.69) is 19.4 Å². The third-order valence-corrected chi connectivity index (χ3v) is 5.39. The number of aromatic nitrogens is 2. The molecule has 1 aromatic heterocycles. The van der Waals surface area contributed by atoms with E-state index in [1.54, 1.807) is 0 Å². The predicted molar refractivity (Wildman–Crippen MR) is 90.9 cm³/mol. The molecule has 3 heterocycles. The van der Waals surface area contributed by atoms with Crippen LogP contribution in [0.2, 0.25) is 0 Å². The largest absolute Gasteiger partial charge is 0.342 e. The zero-order chi connectivity index (χ0) is 16.1. The molecular formula is C18H30N4O. The average Bonchev–Trinajstić information content (AvgIpc) is 2.92. The number of rotatable bonds is 3. The van der Waals surface area contributed by atoms with Gasteiger partial charge in [-0.05, 0) is 38.8 Å². The van der Waals surface area contributed by atoms with E-state index in [1.165, 1.54) is 32.1 Å². The highest BCUT2D eigenvalue weighted by Gasteiger charge is 2.28. The normalized spacial score (nSPS) is 21.9. The summed E-state index contributed by atoms with van der Waals surface area (Å²) in [5, 5.41) is 0. The van der Waals surface area contributed by atoms with Crippen LogP contribution in [0.15, 0.2) is 12.4 Å². The van der Waals surface area contributed by atoms with E-state index in [4.69, 9.17) is 0 Å². The fraction of sp³-hybridized carbons (Fsp3) is 0.778. The van der Waals surface area contributed by atoms with Gasteiger partial charge in [-0.25, -0.2) is 4.98 Å². The van der Waals surface area contributed by atoms with Crippen molar-refractivity contribution in [3.63, 3.8) is 0 Å². The first kappa shape index (κ1) is 16.5. The van der Waals surface area contributed by atoms with Crippen LogP contribution in [-0.2, 0) is 18.4 Å². The van der Waals surface area contributed by atoms with Gasteiger partial charge in [0.25, 0.3) is 0 Å². The van der Waals surface area contributed by atoms with Gasteiger partial charge in [0.15, 0.2) is 0 Å². The number of nitrogens with zero attached hydrogens (tertiary/aromatic N) is 4. The molecule has 2 aliphatic rings. The summed E-state index contributed by atoms with van der Waals surface area (Å²) in [6.45, 7) is 4.88. The van der Waals surface area contributed by atoms with Crippen LogP contribution in [0.5, 0.6) is 0 Å². The molecule has 0 aliphatic carbocycles. The van der Waals surface area contributed by atoms with E-state index in [0.29, 0.717) is 5.91 Å². The second-order valence-electron chi connectivity index (χ2n) is 7.10. The highest BCUT2D eigenvalue weighted by molar-refractivity contribution is 5.79. The molecule has 2 saturated heterocycles. The molecular weight excluding hydrogens is 288 g/mol. The fourth-order valence-corrected chi connectivity index (χ4v) is 3.81. The number of hydrogen-bond donors (Lipinski definition) is 0. The maximum absolute atomic E-state index is 12.8. The number of carbonyl (C=O) groups excluding carboxylic acids is 1. The first-order valence-electron chi connectivity index (χ1n) is 9.21. The molecule has 23 heavy (non-hydrogen) atoms. The number of imidazole rings is 1. The maximum Gasteiger partial charge on any atom is 0.225 e. The molecule has 0 radical (unpaired) electrons. The van der Waals surface area contributed by atoms with Crippen LogP contribution < -0.4 is 0 Å². The fourth-order valence-electron chi connectivity index (χ4n) is 3.81. The Morgan fingerprint density at radius 1 is 1.09 bits per heavy atom. The Morgan fingerprint density at radius 2 is 1.74 bits per heavy atom. The summed E-state index contributed by atoms with van der Waals surface area (Å²) in [7, 11) is 2.04. The first-order chi connectivity index (χ1) is 11.2. The Labute approximate surface area is 139 Å². The summed E-state index contributed by atoms with van der Waals surface area (Å²) in [6.07, 6.45) is 12.1. The van der Waals surface area contributed by atoms with Crippen molar-refractivity contribution < 1.29 is 4.79 Å². The number of likely N-dealkylation sites (tertiary alicyclic amines) is 2. The summed E-state index contributed by atoms with van der Waals surface area (Å²) in [6, 6.07) is 0. The summed E-state index contributed by atoms with van der Waals surface area (Å²) >= 11 is 0. The minimum absolute atomic E-state index is 0.243. The second-order valence-corrected chi connectivity index (χ2v) is 7.10. The zero-order valence-corrected chi connectivity index (χ0v) is 14.4. The highest BCUT2D eigenvalue weighted by atomic mass is 16.2. The van der Waals surface area contributed by atoms with E-state index >= 15 is 0 Å². The molecule has 0 N–H and O–H groups in total. The monoisotopic (exact) mass is 318 g/mol. The lowest BCUT2D eigenvalue weighted by Gasteiger charge is -2.34. The van der Waals surface area contributed by atoms with Gasteiger partial charge >= 0.3 is 0 Å². The number of amides is 1. The van der Waals surface area contributed by atoms with Gasteiger partial charge in [0.2, 0.25) is 5.91 Å². The molecule has 0 saturated carbocycles. The molecule has 0 aromatic carbocycles. The average molecular weight is 318 g/mol. The number of piperidine rings is 1. The maximum atomic E-state index is 12.8. The molecule has 3 rings (SSSR count). The van der Waals surface area contributed by atoms with Gasteiger partial charge in [-0.15, -0.1) is 0 Å². The van der Waals surface area contributed by atoms with Gasteiger partial charge < -0.3 is 9.47 Å². The Morgan fingerprint density at radius 3 is 2.35 bits per heavy atom. The quantitative estimate of drug-likeness (QED) is 0.859. The Balaban J connectivity index is 1.47. The molecule has 0 unspecified atom stereocenters. The Hall–Kier alpha value is -1.36. The van der Waals surface area contributed by atoms with E-state index in [-0.39, 0.29) is 5.92 Å². The van der Waals surface area contributed by atoms with Gasteiger partial charge in [-0.3, -0.25) is 9.69 Å². The van der Waals surface area contributed by atoms with Crippen molar-refractivity contribution in [3.8, 4) is 0 Å². The van der Waals surface area contributed by atoms with E-state index < -0.39 is 0 Å². The standard InChI is InChI=1S/C18H30N4O/c1-20-14-9-19-17(20)15-21-12-7-16(8-13-21)18(23)22-10-5-3-2-4-6-11-22/h9,14,16H,2-8,10-13,15H2,1H3. The third-order valence-electron chi connectivity index (χ3n) is 5.39. The summed E-state index contributed by atoms with van der Waals surface area (Å²) < 4.78 is 2.08. The molecule has 0 spiro atoms. The number of carbonyl (C=O) groups is 1. The van der Waals surface area contributed by atoms with Crippen molar-refractivity contribution in [2.24, 2.45) is 13.0 Å². The first-order valence-corrected chi connectivity index (χ1v) is 9.21. The van der Waals surface area contributed by atoms with Crippen LogP contribution in [0.1, 0.15) is 50.8 Å². The molecule has 5 heteroatoms. The Kier molecular flexibility index (Phi) is 5.70. The van der Waals surface area contributed by atoms with Gasteiger partial charge in [0, 0.05) is 38.4 Å². The molecule has 0 bridgehead atoms. The second kappa shape index (κ2) is 7.95. The van der Waals surface area contributed by atoms with Gasteiger partial charge in [0.1, 0.15) is 5.82 Å². The molecule has 128 valence electrons. The molecule has 5 nitrogen and oxygen atoms in total. The Bertz CT molecular complexity index is 497. The smallest absolute Gasteiger partial charge is 0.225 e.